The van der Waals surface area contributed by atoms with E-state index in [4.69, 9.17) is 5.11 Å². The molecule has 0 unspecified atom stereocenters. The lowest BCUT2D eigenvalue weighted by Gasteiger charge is -1.96. The molecule has 4 nitrogen and oxygen atoms in total. The standard InChI is InChI=1S/C7H10O4/c1-2-6(9)11-7(10)4-3-5-8/h2,8H,1,3-5H2. The minimum Gasteiger partial charge on any atom is -0.396 e. The number of aliphatic hydroxyl groups is 1. The molecule has 0 aromatic rings. The summed E-state index contributed by atoms with van der Waals surface area (Å²) in [4.78, 5) is 20.9. The first kappa shape index (κ1) is 9.84. The summed E-state index contributed by atoms with van der Waals surface area (Å²) in [7, 11) is 0. The lowest BCUT2D eigenvalue weighted by atomic mass is 10.3. The van der Waals surface area contributed by atoms with E-state index in [1.807, 2.05) is 0 Å². The first-order valence-electron chi connectivity index (χ1n) is 3.18. The number of carbonyl (C=O) groups is 2. The molecule has 0 fully saturated rings. The fourth-order valence-corrected chi connectivity index (χ4v) is 0.428. The second-order valence-electron chi connectivity index (χ2n) is 1.82. The molecule has 0 spiro atoms. The molecular weight excluding hydrogens is 148 g/mol. The van der Waals surface area contributed by atoms with Gasteiger partial charge >= 0.3 is 11.9 Å². The van der Waals surface area contributed by atoms with Crippen molar-refractivity contribution < 1.29 is 19.4 Å². The molecule has 0 saturated carbocycles. The summed E-state index contributed by atoms with van der Waals surface area (Å²) in [5.41, 5.74) is 0. The average Bonchev–Trinajstić information content (AvgIpc) is 2.00. The molecule has 0 saturated heterocycles. The molecule has 0 aliphatic rings. The predicted molar refractivity (Wildman–Crippen MR) is 37.6 cm³/mol. The van der Waals surface area contributed by atoms with E-state index in [1.54, 1.807) is 0 Å². The van der Waals surface area contributed by atoms with E-state index in [-0.39, 0.29) is 13.0 Å². The lowest BCUT2D eigenvalue weighted by molar-refractivity contribution is -0.156. The number of carbonyl (C=O) groups excluding carboxylic acids is 2. The quantitative estimate of drug-likeness (QED) is 0.356. The van der Waals surface area contributed by atoms with E-state index >= 15 is 0 Å². The summed E-state index contributed by atoms with van der Waals surface area (Å²) < 4.78 is 4.19. The summed E-state index contributed by atoms with van der Waals surface area (Å²) in [5, 5.41) is 8.29. The van der Waals surface area contributed by atoms with Gasteiger partial charge in [0.2, 0.25) is 0 Å². The van der Waals surface area contributed by atoms with Gasteiger partial charge in [-0.2, -0.15) is 0 Å². The number of esters is 2. The molecule has 0 rings (SSSR count). The van der Waals surface area contributed by atoms with Gasteiger partial charge in [-0.3, -0.25) is 4.79 Å². The molecular formula is C7H10O4. The molecule has 0 radical (unpaired) electrons. The third-order valence-electron chi connectivity index (χ3n) is 0.920. The van der Waals surface area contributed by atoms with Crippen molar-refractivity contribution in [3.8, 4) is 0 Å². The zero-order valence-electron chi connectivity index (χ0n) is 6.08. The maximum Gasteiger partial charge on any atom is 0.337 e. The Hall–Kier alpha value is -1.16. The average molecular weight is 158 g/mol. The van der Waals surface area contributed by atoms with Crippen LogP contribution in [-0.2, 0) is 14.3 Å². The van der Waals surface area contributed by atoms with Gasteiger partial charge in [0.05, 0.1) is 0 Å². The highest BCUT2D eigenvalue weighted by molar-refractivity contribution is 5.91. The third kappa shape index (κ3) is 5.29. The normalized spacial score (nSPS) is 8.82. The monoisotopic (exact) mass is 158 g/mol. The van der Waals surface area contributed by atoms with Crippen molar-refractivity contribution in [2.45, 2.75) is 12.8 Å². The smallest absolute Gasteiger partial charge is 0.337 e. The molecule has 0 aromatic heterocycles. The molecule has 0 aliphatic carbocycles. The highest BCUT2D eigenvalue weighted by Crippen LogP contribution is 1.92. The molecule has 0 atom stereocenters. The van der Waals surface area contributed by atoms with Gasteiger partial charge in [-0.1, -0.05) is 6.58 Å². The summed E-state index contributed by atoms with van der Waals surface area (Å²) in [6.07, 6.45) is 1.27. The van der Waals surface area contributed by atoms with E-state index in [9.17, 15) is 9.59 Å². The van der Waals surface area contributed by atoms with Gasteiger partial charge in [-0.15, -0.1) is 0 Å². The zero-order valence-corrected chi connectivity index (χ0v) is 6.08. The Morgan fingerprint density at radius 1 is 1.55 bits per heavy atom. The number of hydrogen-bond acceptors (Lipinski definition) is 4. The fraction of sp³-hybridized carbons (Fsp3) is 0.429. The Labute approximate surface area is 64.5 Å². The second-order valence-corrected chi connectivity index (χ2v) is 1.82. The highest BCUT2D eigenvalue weighted by atomic mass is 16.6. The van der Waals surface area contributed by atoms with Crippen LogP contribution in [-0.4, -0.2) is 23.7 Å². The Balaban J connectivity index is 3.52. The minimum absolute atomic E-state index is 0.0517. The van der Waals surface area contributed by atoms with Crippen LogP contribution in [0.3, 0.4) is 0 Å². The van der Waals surface area contributed by atoms with Crippen LogP contribution in [0.2, 0.25) is 0 Å². The zero-order chi connectivity index (χ0) is 8.69. The van der Waals surface area contributed by atoms with Crippen LogP contribution in [0, 0.1) is 0 Å². The van der Waals surface area contributed by atoms with Crippen molar-refractivity contribution >= 4 is 11.9 Å². The summed E-state index contributed by atoms with van der Waals surface area (Å²) in [6, 6.07) is 0. The Bertz CT molecular complexity index is 162. The van der Waals surface area contributed by atoms with Crippen molar-refractivity contribution in [2.24, 2.45) is 0 Å². The van der Waals surface area contributed by atoms with E-state index in [0.29, 0.717) is 6.42 Å². The van der Waals surface area contributed by atoms with Crippen LogP contribution in [0.15, 0.2) is 12.7 Å². The van der Waals surface area contributed by atoms with E-state index < -0.39 is 11.9 Å². The fourth-order valence-electron chi connectivity index (χ4n) is 0.428. The van der Waals surface area contributed by atoms with Gasteiger partial charge in [-0.05, 0) is 6.42 Å². The largest absolute Gasteiger partial charge is 0.396 e. The molecule has 0 heterocycles. The molecule has 4 heteroatoms. The molecule has 1 N–H and O–H groups in total. The first-order valence-corrected chi connectivity index (χ1v) is 3.18. The molecule has 11 heavy (non-hydrogen) atoms. The van der Waals surface area contributed by atoms with Crippen LogP contribution in [0.1, 0.15) is 12.8 Å². The van der Waals surface area contributed by atoms with Crippen molar-refractivity contribution in [3.05, 3.63) is 12.7 Å². The van der Waals surface area contributed by atoms with E-state index in [0.717, 1.165) is 6.08 Å². The van der Waals surface area contributed by atoms with Gasteiger partial charge in [0.25, 0.3) is 0 Å². The van der Waals surface area contributed by atoms with Crippen LogP contribution in [0.25, 0.3) is 0 Å². The van der Waals surface area contributed by atoms with Crippen LogP contribution in [0.4, 0.5) is 0 Å². The van der Waals surface area contributed by atoms with Crippen LogP contribution >= 0.6 is 0 Å². The van der Waals surface area contributed by atoms with Crippen molar-refractivity contribution in [2.75, 3.05) is 6.61 Å². The van der Waals surface area contributed by atoms with Gasteiger partial charge in [0.1, 0.15) is 0 Å². The molecule has 0 bridgehead atoms. The summed E-state index contributed by atoms with van der Waals surface area (Å²) in [6.45, 7) is 3.03. The van der Waals surface area contributed by atoms with Gasteiger partial charge in [0.15, 0.2) is 0 Å². The van der Waals surface area contributed by atoms with Crippen molar-refractivity contribution in [1.29, 1.82) is 0 Å². The van der Waals surface area contributed by atoms with E-state index in [2.05, 4.69) is 11.3 Å². The first-order chi connectivity index (χ1) is 5.20. The third-order valence-corrected chi connectivity index (χ3v) is 0.920. The molecule has 0 aliphatic heterocycles. The minimum atomic E-state index is -0.757. The maximum atomic E-state index is 10.6. The van der Waals surface area contributed by atoms with Crippen LogP contribution < -0.4 is 0 Å². The Morgan fingerprint density at radius 3 is 2.64 bits per heavy atom. The van der Waals surface area contributed by atoms with E-state index in [1.165, 1.54) is 0 Å². The Morgan fingerprint density at radius 2 is 2.18 bits per heavy atom. The number of rotatable bonds is 4. The number of hydrogen-bond donors (Lipinski definition) is 1. The van der Waals surface area contributed by atoms with Gasteiger partial charge in [-0.25, -0.2) is 4.79 Å². The highest BCUT2D eigenvalue weighted by Gasteiger charge is 2.05. The lowest BCUT2D eigenvalue weighted by Crippen LogP contribution is -2.09. The predicted octanol–water partition coefficient (Wildman–Crippen LogP) is 0.0147. The summed E-state index contributed by atoms with van der Waals surface area (Å²) >= 11 is 0. The van der Waals surface area contributed by atoms with Crippen molar-refractivity contribution in [1.82, 2.24) is 0 Å². The van der Waals surface area contributed by atoms with Crippen molar-refractivity contribution in [3.63, 3.8) is 0 Å². The number of ether oxygens (including phenoxy) is 1. The van der Waals surface area contributed by atoms with Crippen LogP contribution in [0.5, 0.6) is 0 Å². The van der Waals surface area contributed by atoms with Gasteiger partial charge in [0, 0.05) is 19.1 Å². The van der Waals surface area contributed by atoms with Gasteiger partial charge < -0.3 is 9.84 Å². The maximum absolute atomic E-state index is 10.6. The summed E-state index contributed by atoms with van der Waals surface area (Å²) in [5.74, 6) is -1.39. The molecule has 62 valence electrons. The SMILES string of the molecule is C=CC(=O)OC(=O)CCCO. The topological polar surface area (TPSA) is 63.6 Å². The Kier molecular flexibility index (Phi) is 5.02. The number of aliphatic hydroxyl groups excluding tert-OH is 1. The molecule has 0 aromatic carbocycles. The molecule has 0 amide bonds. The second kappa shape index (κ2) is 5.61.